The highest BCUT2D eigenvalue weighted by molar-refractivity contribution is 5.20. The van der Waals surface area contributed by atoms with Gasteiger partial charge in [-0.2, -0.15) is 0 Å². The van der Waals surface area contributed by atoms with Gasteiger partial charge in [-0.05, 0) is 32.1 Å². The summed E-state index contributed by atoms with van der Waals surface area (Å²) < 4.78 is 5.64. The van der Waals surface area contributed by atoms with E-state index in [0.717, 1.165) is 31.9 Å². The van der Waals surface area contributed by atoms with E-state index in [9.17, 15) is 0 Å². The van der Waals surface area contributed by atoms with Gasteiger partial charge in [0.25, 0.3) is 0 Å². The third-order valence-corrected chi connectivity index (χ3v) is 3.03. The molecule has 0 aromatic heterocycles. The van der Waals surface area contributed by atoms with Crippen molar-refractivity contribution in [1.29, 1.82) is 0 Å². The molecule has 0 aliphatic carbocycles. The summed E-state index contributed by atoms with van der Waals surface area (Å²) >= 11 is 0. The monoisotopic (exact) mass is 250 g/mol. The molecule has 0 fully saturated rings. The summed E-state index contributed by atoms with van der Waals surface area (Å²) in [6, 6.07) is 10.5. The fourth-order valence-electron chi connectivity index (χ4n) is 1.92. The minimum absolute atomic E-state index is 0.504. The van der Waals surface area contributed by atoms with Gasteiger partial charge in [-0.25, -0.2) is 0 Å². The Morgan fingerprint density at radius 3 is 2.44 bits per heavy atom. The molecular weight excluding hydrogens is 224 g/mol. The molecule has 0 heterocycles. The molecule has 0 aliphatic rings. The number of ether oxygens (including phenoxy) is 1. The Labute approximate surface area is 111 Å². The summed E-state index contributed by atoms with van der Waals surface area (Å²) in [5.74, 6) is 0.940. The Morgan fingerprint density at radius 1 is 1.17 bits per heavy atom. The van der Waals surface area contributed by atoms with E-state index in [1.165, 1.54) is 0 Å². The Kier molecular flexibility index (Phi) is 7.46. The highest BCUT2D eigenvalue weighted by atomic mass is 16.5. The van der Waals surface area contributed by atoms with Crippen molar-refractivity contribution in [3.63, 3.8) is 0 Å². The third-order valence-electron chi connectivity index (χ3n) is 3.03. The van der Waals surface area contributed by atoms with Crippen LogP contribution in [0.4, 0.5) is 0 Å². The van der Waals surface area contributed by atoms with Crippen LogP contribution in [-0.4, -0.2) is 43.7 Å². The first-order chi connectivity index (χ1) is 8.76. The van der Waals surface area contributed by atoms with Crippen LogP contribution in [0.1, 0.15) is 20.8 Å². The average molecular weight is 250 g/mol. The first-order valence-corrected chi connectivity index (χ1v) is 6.89. The Morgan fingerprint density at radius 2 is 1.83 bits per heavy atom. The van der Waals surface area contributed by atoms with Gasteiger partial charge in [0.1, 0.15) is 12.4 Å². The topological polar surface area (TPSA) is 24.5 Å². The lowest BCUT2D eigenvalue weighted by Gasteiger charge is -2.23. The van der Waals surface area contributed by atoms with Gasteiger partial charge in [0.2, 0.25) is 0 Å². The lowest BCUT2D eigenvalue weighted by Crippen LogP contribution is -2.40. The van der Waals surface area contributed by atoms with Crippen LogP contribution in [0.15, 0.2) is 30.3 Å². The molecule has 1 aromatic carbocycles. The Bertz CT molecular complexity index is 299. The minimum atomic E-state index is 0.504. The van der Waals surface area contributed by atoms with Crippen molar-refractivity contribution in [2.24, 2.45) is 0 Å². The van der Waals surface area contributed by atoms with Gasteiger partial charge in [-0.15, -0.1) is 0 Å². The molecule has 0 radical (unpaired) electrons. The predicted molar refractivity (Wildman–Crippen MR) is 77.2 cm³/mol. The van der Waals surface area contributed by atoms with Gasteiger partial charge in [-0.1, -0.05) is 32.0 Å². The molecule has 3 nitrogen and oxygen atoms in total. The van der Waals surface area contributed by atoms with E-state index in [4.69, 9.17) is 4.74 Å². The van der Waals surface area contributed by atoms with Crippen molar-refractivity contribution in [3.05, 3.63) is 30.3 Å². The van der Waals surface area contributed by atoms with Crippen LogP contribution < -0.4 is 10.1 Å². The van der Waals surface area contributed by atoms with Crippen molar-refractivity contribution in [1.82, 2.24) is 10.2 Å². The van der Waals surface area contributed by atoms with Gasteiger partial charge >= 0.3 is 0 Å². The van der Waals surface area contributed by atoms with Crippen LogP contribution in [0, 0.1) is 0 Å². The quantitative estimate of drug-likeness (QED) is 0.681. The predicted octanol–water partition coefficient (Wildman–Crippen LogP) is 2.39. The lowest BCUT2D eigenvalue weighted by molar-refractivity contribution is 0.256. The fraction of sp³-hybridized carbons (Fsp3) is 0.600. The standard InChI is InChI=1S/C15H26N2O/c1-4-17(5-2)13-14(3)16-11-12-18-15-9-7-6-8-10-15/h6-10,14,16H,4-5,11-13H2,1-3H3. The minimum Gasteiger partial charge on any atom is -0.492 e. The Hall–Kier alpha value is -1.06. The van der Waals surface area contributed by atoms with Crippen LogP contribution in [0.25, 0.3) is 0 Å². The number of likely N-dealkylation sites (N-methyl/N-ethyl adjacent to an activating group) is 1. The molecule has 1 aromatic rings. The summed E-state index contributed by atoms with van der Waals surface area (Å²) in [6.07, 6.45) is 0. The zero-order valence-corrected chi connectivity index (χ0v) is 11.9. The van der Waals surface area contributed by atoms with Crippen molar-refractivity contribution < 1.29 is 4.74 Å². The Balaban J connectivity index is 2.10. The second-order valence-electron chi connectivity index (χ2n) is 4.50. The van der Waals surface area contributed by atoms with Gasteiger partial charge in [0.15, 0.2) is 0 Å². The molecule has 0 amide bonds. The maximum Gasteiger partial charge on any atom is 0.119 e. The largest absolute Gasteiger partial charge is 0.492 e. The summed E-state index contributed by atoms with van der Waals surface area (Å²) in [7, 11) is 0. The number of nitrogens with one attached hydrogen (secondary N) is 1. The number of rotatable bonds is 9. The molecule has 1 rings (SSSR count). The van der Waals surface area contributed by atoms with Crippen LogP contribution >= 0.6 is 0 Å². The van der Waals surface area contributed by atoms with Crippen LogP contribution in [0.3, 0.4) is 0 Å². The normalized spacial score (nSPS) is 12.7. The van der Waals surface area contributed by atoms with Crippen molar-refractivity contribution in [2.45, 2.75) is 26.8 Å². The molecule has 1 N–H and O–H groups in total. The van der Waals surface area contributed by atoms with E-state index < -0.39 is 0 Å². The number of benzene rings is 1. The second-order valence-corrected chi connectivity index (χ2v) is 4.50. The molecule has 0 saturated heterocycles. The smallest absolute Gasteiger partial charge is 0.119 e. The zero-order valence-electron chi connectivity index (χ0n) is 11.9. The van der Waals surface area contributed by atoms with Gasteiger partial charge in [0, 0.05) is 19.1 Å². The van der Waals surface area contributed by atoms with Crippen molar-refractivity contribution >= 4 is 0 Å². The van der Waals surface area contributed by atoms with E-state index in [1.807, 2.05) is 30.3 Å². The molecule has 0 bridgehead atoms. The van der Waals surface area contributed by atoms with E-state index in [-0.39, 0.29) is 0 Å². The number of hydrogen-bond donors (Lipinski definition) is 1. The molecule has 102 valence electrons. The van der Waals surface area contributed by atoms with Crippen LogP contribution in [0.2, 0.25) is 0 Å². The molecule has 1 atom stereocenters. The van der Waals surface area contributed by atoms with Gasteiger partial charge < -0.3 is 15.0 Å². The highest BCUT2D eigenvalue weighted by Crippen LogP contribution is 2.07. The number of nitrogens with zero attached hydrogens (tertiary/aromatic N) is 1. The molecule has 18 heavy (non-hydrogen) atoms. The SMILES string of the molecule is CCN(CC)CC(C)NCCOc1ccccc1. The van der Waals surface area contributed by atoms with Crippen molar-refractivity contribution in [3.8, 4) is 5.75 Å². The maximum absolute atomic E-state index is 5.64. The van der Waals surface area contributed by atoms with E-state index >= 15 is 0 Å². The molecule has 3 heteroatoms. The summed E-state index contributed by atoms with van der Waals surface area (Å²) in [5, 5.41) is 3.49. The summed E-state index contributed by atoms with van der Waals surface area (Å²) in [6.45, 7) is 11.6. The highest BCUT2D eigenvalue weighted by Gasteiger charge is 2.05. The van der Waals surface area contributed by atoms with Crippen molar-refractivity contribution in [2.75, 3.05) is 32.8 Å². The molecule has 0 aliphatic heterocycles. The zero-order chi connectivity index (χ0) is 13.2. The first-order valence-electron chi connectivity index (χ1n) is 6.89. The van der Waals surface area contributed by atoms with Crippen LogP contribution in [-0.2, 0) is 0 Å². The van der Waals surface area contributed by atoms with E-state index in [0.29, 0.717) is 12.6 Å². The van der Waals surface area contributed by atoms with Gasteiger partial charge in [-0.3, -0.25) is 0 Å². The second kappa shape index (κ2) is 8.95. The van der Waals surface area contributed by atoms with E-state index in [1.54, 1.807) is 0 Å². The van der Waals surface area contributed by atoms with Gasteiger partial charge in [0.05, 0.1) is 0 Å². The number of hydrogen-bond acceptors (Lipinski definition) is 3. The third kappa shape index (κ3) is 6.03. The fourth-order valence-corrected chi connectivity index (χ4v) is 1.92. The lowest BCUT2D eigenvalue weighted by atomic mass is 10.3. The molecule has 1 unspecified atom stereocenters. The number of para-hydroxylation sites is 1. The van der Waals surface area contributed by atoms with Crippen LogP contribution in [0.5, 0.6) is 5.75 Å². The summed E-state index contributed by atoms with van der Waals surface area (Å²) in [4.78, 5) is 2.43. The first kappa shape index (κ1) is 15.0. The maximum atomic E-state index is 5.64. The molecule has 0 saturated carbocycles. The molecular formula is C15H26N2O. The van der Waals surface area contributed by atoms with E-state index in [2.05, 4.69) is 31.0 Å². The molecule has 0 spiro atoms. The summed E-state index contributed by atoms with van der Waals surface area (Å²) in [5.41, 5.74) is 0. The average Bonchev–Trinajstić information content (AvgIpc) is 2.42.